The van der Waals surface area contributed by atoms with E-state index in [1.165, 1.54) is 56.9 Å². The number of benzene rings is 4. The Kier molecular flexibility index (Phi) is 128. The van der Waals surface area contributed by atoms with Gasteiger partial charge >= 0.3 is 11.9 Å². The average Bonchev–Trinajstić information content (AvgIpc) is 1.60. The summed E-state index contributed by atoms with van der Waals surface area (Å²) in [5.74, 6) is -0.882. The second-order valence-corrected chi connectivity index (χ2v) is 182. The molecule has 8 nitrogen and oxygen atoms in total. The molecule has 0 saturated carbocycles. The first-order valence-electron chi connectivity index (χ1n) is 29.0. The Bertz CT molecular complexity index is 10200. The normalized spacial score (nSPS) is 8.73. The number of aromatic nitrogens is 2. The van der Waals surface area contributed by atoms with Crippen molar-refractivity contribution in [2.75, 3.05) is 21.3 Å². The molecule has 0 aliphatic heterocycles. The van der Waals surface area contributed by atoms with Crippen LogP contribution in [-0.2, 0) is 880 Å². The molecule has 4 aromatic carbocycles. The number of aromatic hydroxyl groups is 1. The summed E-state index contributed by atoms with van der Waals surface area (Å²) in [6.07, 6.45) is 0. The Morgan fingerprint density at radius 1 is 0.218 bits per heavy atom. The van der Waals surface area contributed by atoms with Gasteiger partial charge in [-0.2, -0.15) is 0 Å². The molecule has 109 heteroatoms. The van der Waals surface area contributed by atoms with Gasteiger partial charge in [0.1, 0.15) is 0 Å². The summed E-state index contributed by atoms with van der Waals surface area (Å²) in [6.45, 7) is 0. The maximum atomic E-state index is 12.3. The number of halogens is 4. The summed E-state index contributed by atoms with van der Waals surface area (Å²) < 4.78 is 18.6. The minimum Gasteiger partial charge on any atom is -0.505 e. The van der Waals surface area contributed by atoms with Crippen molar-refractivity contribution in [3.05, 3.63) is 116 Å². The van der Waals surface area contributed by atoms with Crippen LogP contribution in [0.2, 0.25) is 20.1 Å². The lowest BCUT2D eigenvalue weighted by Gasteiger charge is -2.10. The van der Waals surface area contributed by atoms with Crippen LogP contribution in [0.5, 0.6) is 11.5 Å². The van der Waals surface area contributed by atoms with E-state index in [-0.39, 0.29) is 11.4 Å². The number of carbonyl (C=O) groups excluding carboxylic acids is 2. The molecule has 1 N–H and O–H groups in total. The molecule has 0 bridgehead atoms. The number of esters is 2. The zero-order valence-electron chi connectivity index (χ0n) is 63.6. The number of nitrogens with zero attached hydrogens (tertiary/aromatic N) is 2. The highest BCUT2D eigenvalue weighted by molar-refractivity contribution is 8.87. The van der Waals surface area contributed by atoms with Gasteiger partial charge in [-0.05, 0) is 84.9 Å². The van der Waals surface area contributed by atoms with Crippen molar-refractivity contribution in [2.45, 2.75) is 0 Å². The summed E-state index contributed by atoms with van der Waals surface area (Å²) in [5.41, 5.74) is 3.22. The van der Waals surface area contributed by atoms with E-state index >= 15 is 0 Å². The third-order valence-corrected chi connectivity index (χ3v) is 213. The molecule has 0 spiro atoms. The Morgan fingerprint density at radius 3 is 0.535 bits per heavy atom. The van der Waals surface area contributed by atoms with Crippen LogP contribution in [0.25, 0.3) is 33.2 Å². The number of hydrogen-bond donors (Lipinski definition) is 1. The minimum absolute atomic E-state index is 0.0436. The van der Waals surface area contributed by atoms with Gasteiger partial charge in [-0.1, -0.05) is 46.4 Å². The quantitative estimate of drug-likeness (QED) is 0.169. The number of fused-ring (bicyclic) bond motifs is 2. The zero-order chi connectivity index (χ0) is 102. The fourth-order valence-electron chi connectivity index (χ4n) is 5.98. The minimum atomic E-state index is -0.639. The summed E-state index contributed by atoms with van der Waals surface area (Å²) in [7, 11) is 170. The third kappa shape index (κ3) is 88.3. The summed E-state index contributed by atoms with van der Waals surface area (Å²) in [4.78, 5) is 24.4. The van der Waals surface area contributed by atoms with Gasteiger partial charge in [0.2, 0.25) is 0 Å². The molecule has 142 heavy (non-hydrogen) atoms. The highest BCUT2D eigenvalue weighted by Crippen LogP contribution is 2.39. The predicted molar refractivity (Wildman–Crippen MR) is 892 cm³/mol. The lowest BCUT2D eigenvalue weighted by atomic mass is 10.2. The molecule has 0 aliphatic carbocycles. The fraction of sp³-hybridized carbons (Fsp3) is 0.0909. The van der Waals surface area contributed by atoms with Crippen molar-refractivity contribution in [3.63, 3.8) is 0 Å². The van der Waals surface area contributed by atoms with E-state index in [1.54, 1.807) is 289 Å². The van der Waals surface area contributed by atoms with Crippen LogP contribution in [0.3, 0.4) is 0 Å². The van der Waals surface area contributed by atoms with Gasteiger partial charge < -0.3 is 28.5 Å². The summed E-state index contributed by atoms with van der Waals surface area (Å²) in [6, 6.07) is 24.5. The zero-order valence-corrected chi connectivity index (χ0v) is 146. The molecule has 6 aromatic rings. The largest absolute Gasteiger partial charge is 0.505 e. The van der Waals surface area contributed by atoms with Crippen molar-refractivity contribution < 1.29 is 28.9 Å². The lowest BCUT2D eigenvalue weighted by Crippen LogP contribution is -2.10. The second-order valence-electron chi connectivity index (χ2n) is 15.8. The van der Waals surface area contributed by atoms with Crippen LogP contribution in [0.4, 0.5) is 0 Å². The molecule has 0 fully saturated rings. The number of rotatable bonds is 5. The van der Waals surface area contributed by atoms with Crippen molar-refractivity contribution in [1.29, 1.82) is 0 Å². The summed E-state index contributed by atoms with van der Waals surface area (Å²) >= 11 is 43.2. The number of carbonyl (C=O) groups is 2. The van der Waals surface area contributed by atoms with Crippen molar-refractivity contribution in [2.24, 2.45) is 0 Å². The first-order valence-corrected chi connectivity index (χ1v) is 157. The summed E-state index contributed by atoms with van der Waals surface area (Å²) in [5, 5.41) is 13.8. The van der Waals surface area contributed by atoms with Crippen molar-refractivity contribution in [1.82, 2.24) is 9.13 Å². The number of hydrogen-bond acceptors (Lipinski definition) is 10. The third-order valence-electron chi connectivity index (χ3n) is 9.44. The van der Waals surface area contributed by atoms with E-state index in [9.17, 15) is 14.7 Å². The van der Waals surface area contributed by atoms with Crippen LogP contribution in [0, 0.1) is 0 Å². The standard InChI is InChI=1S/C17H13Cl2NO3.C16H11Cl2NO3.S49.S48/c1-22-16-13-9-11(19)5-8-14(13)20(15(16)17(21)23-2)12-6-3-10(18)4-7-12;1-22-16(21)14-15(20)12-8-10(18)4-7-13(12)19(14)11-5-2-9(17)3-6-11;1-3-5-7-9-11-13-15-17-19-21-23-25-27-29-31-33-35-37-39-41-43-45-47-49-48-46-44-42-40-38-36-34-32-30-28-26-24-22-20-18-16-14-12-10-8-6-4-2;1-3-5-7-9-11-13-15-17-19-21-23-25-27-29-31-33-35-37-39-41-43-45-47-48-46-44-42-40-38-36-34-32-30-28-26-24-22-20-18-16-14-12-10-8-6-4-2/h3-9H,1-2H3;2-8,20H,1H3;;. The van der Waals surface area contributed by atoms with E-state index in [2.05, 4.69) is 0 Å². The molecule has 0 radical (unpaired) electrons. The monoisotopic (exact) mass is 3790 g/mol. The number of methoxy groups -OCH3 is 3. The Labute approximate surface area is 1120 Å². The van der Waals surface area contributed by atoms with Gasteiger partial charge in [-0.15, -0.1) is 0 Å². The number of ether oxygens (including phenoxy) is 3. The Morgan fingerprint density at radius 2 is 0.366 bits per heavy atom. The van der Waals surface area contributed by atoms with E-state index in [0.29, 0.717) is 48.1 Å². The van der Waals surface area contributed by atoms with Crippen LogP contribution in [0.15, 0.2) is 84.9 Å². The van der Waals surface area contributed by atoms with E-state index in [4.69, 9.17) is 105 Å². The lowest BCUT2D eigenvalue weighted by molar-refractivity contribution is 0.0579. The maximum Gasteiger partial charge on any atom is 0.358 e. The molecule has 6 rings (SSSR count). The smallest absolute Gasteiger partial charge is 0.358 e. The maximum absolute atomic E-state index is 12.3. The molecule has 0 unspecified atom stereocenters. The van der Waals surface area contributed by atoms with Crippen LogP contribution < -0.4 is 4.74 Å². The molecule has 0 atom stereocenters. The van der Waals surface area contributed by atoms with E-state index in [0.717, 1.165) is 16.6 Å². The molecular formula is C33H24Cl4N2O6S97. The van der Waals surface area contributed by atoms with Crippen LogP contribution in [0.1, 0.15) is 21.0 Å². The Balaban J connectivity index is 0.000000513. The molecular weight excluding hydrogens is 3770 g/mol. The average molecular weight is 3800 g/mol. The van der Waals surface area contributed by atoms with Crippen LogP contribution in [-0.4, -0.2) is 47.5 Å². The molecule has 2 heterocycles. The van der Waals surface area contributed by atoms with Gasteiger partial charge in [0.25, 0.3) is 0 Å². The van der Waals surface area contributed by atoms with Gasteiger partial charge in [0.15, 0.2) is 22.9 Å². The van der Waals surface area contributed by atoms with E-state index < -0.39 is 11.9 Å². The van der Waals surface area contributed by atoms with Gasteiger partial charge in [0, 0.05) is 913 Å². The van der Waals surface area contributed by atoms with Gasteiger partial charge in [-0.3, -0.25) is 0 Å². The SMILES string of the molecule is COC(=O)c1c(O)c2cc(Cl)ccc2n1-c1ccc(Cl)cc1.COC(=O)c1c(OC)c2cc(Cl)ccc2n1-c1ccc(Cl)cc1.S=S=S=S=S=S=S=S=S=S=S=S=S=S=S=S=S=S=S=S=S=S=S=S=S=S=S=S=S=S=S=S=S=S=S=S=S=S=S=S=S=S=S=S=S=S=S=S.S=S=S=S=S=S=S=S=S=S=S=S=S=S=S=S=S=S=S=S=S=S=S=S=S=S=S=S=S=S=S=S=S=S=S=S=S=S=S=S=S=S=S=S=S=S=S=S=S. The highest BCUT2D eigenvalue weighted by Gasteiger charge is 2.27. The highest BCUT2D eigenvalue weighted by atomic mass is 35.5. The fourth-order valence-corrected chi connectivity index (χ4v) is 251. The van der Waals surface area contributed by atoms with Gasteiger partial charge in [-0.25, -0.2) is 9.59 Å². The molecule has 0 aliphatic rings. The molecule has 812 valence electrons. The van der Waals surface area contributed by atoms with Crippen LogP contribution >= 0.6 is 46.4 Å². The Hall–Kier alpha value is 17.0. The topological polar surface area (TPSA) is 91.9 Å². The van der Waals surface area contributed by atoms with Crippen molar-refractivity contribution >= 4 is 951 Å². The van der Waals surface area contributed by atoms with E-state index in [1.807, 2.05) is 595 Å². The molecule has 0 saturated heterocycles. The van der Waals surface area contributed by atoms with Gasteiger partial charge in [0.05, 0.1) is 32.4 Å². The second kappa shape index (κ2) is 119. The first-order chi connectivity index (χ1) is 69.9. The molecule has 2 aromatic heterocycles. The molecule has 0 amide bonds. The van der Waals surface area contributed by atoms with Crippen molar-refractivity contribution in [3.8, 4) is 22.9 Å². The first kappa shape index (κ1) is 153. The predicted octanol–water partition coefficient (Wildman–Crippen LogP) is 8.93.